The molecule has 2 heterocycles. The first-order valence-corrected chi connectivity index (χ1v) is 15.4. The third-order valence-corrected chi connectivity index (χ3v) is 8.96. The number of carbonyl (C=O) groups is 2. The molecule has 0 radical (unpaired) electrons. The molecule has 8 rings (SSSR count). The Balaban J connectivity index is 1.31. The van der Waals surface area contributed by atoms with Gasteiger partial charge in [0.05, 0.1) is 44.7 Å². The number of amides is 2. The number of alkyl halides is 6. The SMILES string of the molecule is O=C1c2cccc(-n3c4ccccc4c4c(-c5cc(C(F)(F)F)cc(C(F)(F)F)c5)cccc43)c2C(=O)N1c1ccc(-c2ccccc2)cc1. The molecule has 6 aromatic carbocycles. The maximum Gasteiger partial charge on any atom is 0.416 e. The Morgan fingerprint density at radius 2 is 1.06 bits per heavy atom. The summed E-state index contributed by atoms with van der Waals surface area (Å²) in [6.07, 6.45) is -10.0. The highest BCUT2D eigenvalue weighted by Gasteiger charge is 2.40. The third-order valence-electron chi connectivity index (χ3n) is 8.96. The van der Waals surface area contributed by atoms with Gasteiger partial charge in [0.1, 0.15) is 0 Å². The number of benzene rings is 6. The Labute approximate surface area is 280 Å². The molecule has 4 nitrogen and oxygen atoms in total. The van der Waals surface area contributed by atoms with E-state index in [1.54, 1.807) is 65.2 Å². The average Bonchev–Trinajstić information content (AvgIpc) is 3.58. The Morgan fingerprint density at radius 3 is 1.74 bits per heavy atom. The van der Waals surface area contributed by atoms with E-state index in [1.165, 1.54) is 12.1 Å². The lowest BCUT2D eigenvalue weighted by Gasteiger charge is -2.16. The zero-order chi connectivity index (χ0) is 34.9. The van der Waals surface area contributed by atoms with Crippen molar-refractivity contribution >= 4 is 39.3 Å². The van der Waals surface area contributed by atoms with Gasteiger partial charge in [0.15, 0.2) is 0 Å². The van der Waals surface area contributed by atoms with Crippen LogP contribution in [0, 0.1) is 0 Å². The highest BCUT2D eigenvalue weighted by Crippen LogP contribution is 2.44. The second-order valence-electron chi connectivity index (χ2n) is 11.9. The fourth-order valence-electron chi connectivity index (χ4n) is 6.75. The van der Waals surface area contributed by atoms with E-state index >= 15 is 0 Å². The number of nitrogens with zero attached hydrogens (tertiary/aromatic N) is 2. The summed E-state index contributed by atoms with van der Waals surface area (Å²) in [5.74, 6) is -1.09. The monoisotopic (exact) mass is 676 g/mol. The number of carbonyl (C=O) groups excluding carboxylic acids is 2. The molecule has 0 bridgehead atoms. The van der Waals surface area contributed by atoms with Crippen molar-refractivity contribution in [1.82, 2.24) is 4.57 Å². The molecule has 0 saturated carbocycles. The van der Waals surface area contributed by atoms with Crippen molar-refractivity contribution < 1.29 is 35.9 Å². The van der Waals surface area contributed by atoms with E-state index in [2.05, 4.69) is 0 Å². The van der Waals surface area contributed by atoms with Crippen LogP contribution in [0.25, 0.3) is 49.7 Å². The fraction of sp³-hybridized carbons (Fsp3) is 0.0500. The van der Waals surface area contributed by atoms with E-state index in [9.17, 15) is 35.9 Å². The van der Waals surface area contributed by atoms with Crippen LogP contribution in [0.2, 0.25) is 0 Å². The number of fused-ring (bicyclic) bond motifs is 4. The van der Waals surface area contributed by atoms with Crippen LogP contribution < -0.4 is 4.90 Å². The molecule has 1 aliphatic heterocycles. The molecule has 1 aromatic heterocycles. The van der Waals surface area contributed by atoms with Crippen LogP contribution in [0.3, 0.4) is 0 Å². The minimum Gasteiger partial charge on any atom is -0.308 e. The van der Waals surface area contributed by atoms with Gasteiger partial charge in [0.2, 0.25) is 0 Å². The molecule has 10 heteroatoms. The number of imide groups is 1. The molecule has 0 spiro atoms. The van der Waals surface area contributed by atoms with E-state index in [0.29, 0.717) is 45.3 Å². The van der Waals surface area contributed by atoms with E-state index in [1.807, 2.05) is 42.5 Å². The highest BCUT2D eigenvalue weighted by atomic mass is 19.4. The summed E-state index contributed by atoms with van der Waals surface area (Å²) in [6.45, 7) is 0. The first-order chi connectivity index (χ1) is 23.9. The molecule has 246 valence electrons. The summed E-state index contributed by atoms with van der Waals surface area (Å²) in [7, 11) is 0. The summed E-state index contributed by atoms with van der Waals surface area (Å²) < 4.78 is 84.9. The predicted molar refractivity (Wildman–Crippen MR) is 179 cm³/mol. The number of anilines is 1. The molecule has 0 unspecified atom stereocenters. The molecule has 0 fully saturated rings. The van der Waals surface area contributed by atoms with Crippen molar-refractivity contribution in [3.8, 4) is 27.9 Å². The van der Waals surface area contributed by atoms with Crippen LogP contribution in [0.5, 0.6) is 0 Å². The summed E-state index contributed by atoms with van der Waals surface area (Å²) >= 11 is 0. The first-order valence-electron chi connectivity index (χ1n) is 15.4. The largest absolute Gasteiger partial charge is 0.416 e. The van der Waals surface area contributed by atoms with Gasteiger partial charge in [-0.05, 0) is 76.9 Å². The van der Waals surface area contributed by atoms with Gasteiger partial charge in [-0.15, -0.1) is 0 Å². The molecule has 7 aromatic rings. The van der Waals surface area contributed by atoms with Crippen molar-refractivity contribution in [2.45, 2.75) is 12.4 Å². The third kappa shape index (κ3) is 4.94. The maximum atomic E-state index is 14.2. The van der Waals surface area contributed by atoms with Gasteiger partial charge in [-0.2, -0.15) is 26.3 Å². The second-order valence-corrected chi connectivity index (χ2v) is 11.9. The smallest absolute Gasteiger partial charge is 0.308 e. The van der Waals surface area contributed by atoms with Crippen LogP contribution in [-0.4, -0.2) is 16.4 Å². The zero-order valence-corrected chi connectivity index (χ0v) is 25.7. The van der Waals surface area contributed by atoms with Crippen LogP contribution in [0.4, 0.5) is 32.0 Å². The minimum absolute atomic E-state index is 0.101. The second kappa shape index (κ2) is 11.2. The molecular weight excluding hydrogens is 654 g/mol. The Kier molecular flexibility index (Phi) is 6.97. The number of para-hydroxylation sites is 1. The van der Waals surface area contributed by atoms with E-state index in [-0.39, 0.29) is 28.3 Å². The lowest BCUT2D eigenvalue weighted by molar-refractivity contribution is -0.143. The van der Waals surface area contributed by atoms with Gasteiger partial charge < -0.3 is 4.57 Å². The van der Waals surface area contributed by atoms with Crippen molar-refractivity contribution in [2.75, 3.05) is 4.90 Å². The Bertz CT molecular complexity index is 2470. The van der Waals surface area contributed by atoms with E-state index in [4.69, 9.17) is 0 Å². The van der Waals surface area contributed by atoms with E-state index in [0.717, 1.165) is 16.0 Å². The molecule has 50 heavy (non-hydrogen) atoms. The fourth-order valence-corrected chi connectivity index (χ4v) is 6.75. The van der Waals surface area contributed by atoms with Gasteiger partial charge in [0, 0.05) is 10.8 Å². The van der Waals surface area contributed by atoms with Crippen molar-refractivity contribution in [1.29, 1.82) is 0 Å². The molecule has 0 atom stereocenters. The Hall–Kier alpha value is -6.16. The topological polar surface area (TPSA) is 42.3 Å². The number of aromatic nitrogens is 1. The molecular formula is C40H22F6N2O2. The van der Waals surface area contributed by atoms with Gasteiger partial charge in [0.25, 0.3) is 11.8 Å². The summed E-state index contributed by atoms with van der Waals surface area (Å²) in [5, 5.41) is 0.921. The van der Waals surface area contributed by atoms with Crippen molar-refractivity contribution in [2.24, 2.45) is 0 Å². The number of hydrogen-bond acceptors (Lipinski definition) is 2. The number of rotatable bonds is 4. The maximum absolute atomic E-state index is 14.2. The molecule has 1 aliphatic rings. The van der Waals surface area contributed by atoms with Gasteiger partial charge >= 0.3 is 12.4 Å². The van der Waals surface area contributed by atoms with Crippen LogP contribution >= 0.6 is 0 Å². The molecule has 0 saturated heterocycles. The van der Waals surface area contributed by atoms with Crippen LogP contribution in [-0.2, 0) is 12.4 Å². The lowest BCUT2D eigenvalue weighted by atomic mass is 9.95. The quantitative estimate of drug-likeness (QED) is 0.138. The summed E-state index contributed by atoms with van der Waals surface area (Å²) in [5.41, 5.74) is 0.847. The summed E-state index contributed by atoms with van der Waals surface area (Å²) in [4.78, 5) is 29.1. The first kappa shape index (κ1) is 31.1. The highest BCUT2D eigenvalue weighted by molar-refractivity contribution is 6.36. The zero-order valence-electron chi connectivity index (χ0n) is 25.7. The van der Waals surface area contributed by atoms with Gasteiger partial charge in [-0.3, -0.25) is 9.59 Å². The lowest BCUT2D eigenvalue weighted by Crippen LogP contribution is -2.29. The summed E-state index contributed by atoms with van der Waals surface area (Å²) in [6, 6.07) is 34.6. The Morgan fingerprint density at radius 1 is 0.480 bits per heavy atom. The molecule has 0 aliphatic carbocycles. The van der Waals surface area contributed by atoms with Gasteiger partial charge in [-0.25, -0.2) is 4.90 Å². The normalized spacial score (nSPS) is 13.4. The molecule has 2 amide bonds. The molecule has 0 N–H and O–H groups in total. The number of hydrogen-bond donors (Lipinski definition) is 0. The predicted octanol–water partition coefficient (Wildman–Crippen LogP) is 11.0. The van der Waals surface area contributed by atoms with Crippen LogP contribution in [0.15, 0.2) is 133 Å². The van der Waals surface area contributed by atoms with Crippen molar-refractivity contribution in [3.63, 3.8) is 0 Å². The number of halogens is 6. The van der Waals surface area contributed by atoms with Gasteiger partial charge in [-0.1, -0.05) is 78.9 Å². The average molecular weight is 677 g/mol. The van der Waals surface area contributed by atoms with Crippen molar-refractivity contribution in [3.05, 3.63) is 156 Å². The standard InChI is InChI=1S/C40H22F6N2O2/c41-39(42,43)26-20-25(21-27(22-26)40(44,45)46)29-11-6-14-33-35(29)30-10-4-5-13-32(30)48(33)34-15-7-12-31-36(34)38(50)47(37(31)49)28-18-16-24(17-19-28)23-8-2-1-3-9-23/h1-22H. The minimum atomic E-state index is -5.02. The van der Waals surface area contributed by atoms with Crippen LogP contribution in [0.1, 0.15) is 31.8 Å². The van der Waals surface area contributed by atoms with E-state index < -0.39 is 35.3 Å².